The van der Waals surface area contributed by atoms with Crippen LogP contribution >= 0.6 is 0 Å². The first-order chi connectivity index (χ1) is 11.8. The minimum atomic E-state index is -3.76. The minimum absolute atomic E-state index is 0.0571. The highest BCUT2D eigenvalue weighted by Gasteiger charge is 2.15. The van der Waals surface area contributed by atoms with Crippen molar-refractivity contribution in [2.75, 3.05) is 18.4 Å². The number of anilines is 1. The average molecular weight is 361 g/mol. The highest BCUT2D eigenvalue weighted by atomic mass is 32.2. The molecule has 0 bridgehead atoms. The van der Waals surface area contributed by atoms with E-state index in [1.54, 1.807) is 19.1 Å². The summed E-state index contributed by atoms with van der Waals surface area (Å²) in [5, 5.41) is 22.4. The molecule has 0 aliphatic heterocycles. The lowest BCUT2D eigenvalue weighted by atomic mass is 10.2. The molecule has 0 amide bonds. The highest BCUT2D eigenvalue weighted by Crippen LogP contribution is 2.15. The predicted molar refractivity (Wildman–Crippen MR) is 90.5 cm³/mol. The van der Waals surface area contributed by atoms with Gasteiger partial charge < -0.3 is 5.32 Å². The fourth-order valence-corrected chi connectivity index (χ4v) is 2.98. The number of rotatable bonds is 7. The smallest absolute Gasteiger partial charge is 0.269 e. The topological polar surface area (TPSA) is 138 Å². The first kappa shape index (κ1) is 18.3. The van der Waals surface area contributed by atoms with E-state index in [0.29, 0.717) is 11.5 Å². The first-order valence-electron chi connectivity index (χ1n) is 7.19. The van der Waals surface area contributed by atoms with Crippen LogP contribution in [0.2, 0.25) is 0 Å². The molecule has 0 saturated heterocycles. The molecule has 0 atom stereocenters. The Kier molecular flexibility index (Phi) is 5.63. The van der Waals surface area contributed by atoms with Crippen molar-refractivity contribution in [2.24, 2.45) is 0 Å². The SMILES string of the molecule is Cc1ccc(NCCNS(=O)(=O)c2ccc([N+](=O)[O-])cc2)nc1C#N. The highest BCUT2D eigenvalue weighted by molar-refractivity contribution is 7.89. The van der Waals surface area contributed by atoms with Crippen molar-refractivity contribution in [2.45, 2.75) is 11.8 Å². The van der Waals surface area contributed by atoms with Gasteiger partial charge in [0.1, 0.15) is 17.6 Å². The van der Waals surface area contributed by atoms with Crippen LogP contribution < -0.4 is 10.0 Å². The van der Waals surface area contributed by atoms with Gasteiger partial charge >= 0.3 is 0 Å². The molecule has 0 unspecified atom stereocenters. The molecule has 1 aromatic carbocycles. The molecule has 25 heavy (non-hydrogen) atoms. The number of hydrogen-bond donors (Lipinski definition) is 2. The summed E-state index contributed by atoms with van der Waals surface area (Å²) in [6.45, 7) is 2.11. The number of aryl methyl sites for hydroxylation is 1. The van der Waals surface area contributed by atoms with E-state index >= 15 is 0 Å². The molecule has 0 fully saturated rings. The summed E-state index contributed by atoms with van der Waals surface area (Å²) in [5.41, 5.74) is 0.878. The summed E-state index contributed by atoms with van der Waals surface area (Å²) < 4.78 is 26.6. The van der Waals surface area contributed by atoms with E-state index in [1.165, 1.54) is 12.1 Å². The number of nitriles is 1. The number of nitro groups is 1. The number of hydrogen-bond acceptors (Lipinski definition) is 7. The van der Waals surface area contributed by atoms with Gasteiger partial charge in [0.2, 0.25) is 10.0 Å². The van der Waals surface area contributed by atoms with Crippen LogP contribution in [0.3, 0.4) is 0 Å². The molecule has 0 saturated carbocycles. The molecule has 0 radical (unpaired) electrons. The van der Waals surface area contributed by atoms with Crippen LogP contribution in [-0.4, -0.2) is 31.4 Å². The molecule has 0 spiro atoms. The fourth-order valence-electron chi connectivity index (χ4n) is 1.95. The van der Waals surface area contributed by atoms with E-state index in [2.05, 4.69) is 15.0 Å². The number of non-ortho nitro benzene ring substituents is 1. The predicted octanol–water partition coefficient (Wildman–Crippen LogP) is 1.56. The minimum Gasteiger partial charge on any atom is -0.369 e. The Balaban J connectivity index is 1.92. The molecule has 1 aromatic heterocycles. The Hall–Kier alpha value is -3.03. The first-order valence-corrected chi connectivity index (χ1v) is 8.67. The molecule has 1 heterocycles. The second-order valence-corrected chi connectivity index (χ2v) is 6.82. The summed E-state index contributed by atoms with van der Waals surface area (Å²) in [6.07, 6.45) is 0. The lowest BCUT2D eigenvalue weighted by Crippen LogP contribution is -2.29. The van der Waals surface area contributed by atoms with Crippen molar-refractivity contribution < 1.29 is 13.3 Å². The van der Waals surface area contributed by atoms with Gasteiger partial charge in [-0.1, -0.05) is 6.07 Å². The van der Waals surface area contributed by atoms with Crippen molar-refractivity contribution in [3.05, 3.63) is 57.8 Å². The summed E-state index contributed by atoms with van der Waals surface area (Å²) in [4.78, 5) is 14.0. The third kappa shape index (κ3) is 4.72. The van der Waals surface area contributed by atoms with Gasteiger partial charge in [-0.15, -0.1) is 0 Å². The monoisotopic (exact) mass is 361 g/mol. The van der Waals surface area contributed by atoms with Crippen LogP contribution in [-0.2, 0) is 10.0 Å². The Bertz CT molecular complexity index is 920. The quantitative estimate of drug-likeness (QED) is 0.433. The van der Waals surface area contributed by atoms with Gasteiger partial charge in [0.05, 0.1) is 9.82 Å². The Morgan fingerprint density at radius 2 is 1.88 bits per heavy atom. The zero-order chi connectivity index (χ0) is 18.4. The molecular formula is C15H15N5O4S. The van der Waals surface area contributed by atoms with Gasteiger partial charge in [0, 0.05) is 25.2 Å². The molecule has 0 aliphatic rings. The van der Waals surface area contributed by atoms with Gasteiger partial charge in [-0.05, 0) is 30.7 Å². The average Bonchev–Trinajstić information content (AvgIpc) is 2.60. The fraction of sp³-hybridized carbons (Fsp3) is 0.200. The second-order valence-electron chi connectivity index (χ2n) is 5.05. The maximum Gasteiger partial charge on any atom is 0.269 e. The Labute approximate surface area is 144 Å². The number of sulfonamides is 1. The van der Waals surface area contributed by atoms with Crippen molar-refractivity contribution in [3.63, 3.8) is 0 Å². The standard InChI is InChI=1S/C15H15N5O4S/c1-11-2-7-15(19-14(11)10-16)17-8-9-18-25(23,24)13-5-3-12(4-6-13)20(21)22/h2-7,18H,8-9H2,1H3,(H,17,19). The molecule has 2 N–H and O–H groups in total. The van der Waals surface area contributed by atoms with Crippen LogP contribution in [0.5, 0.6) is 0 Å². The van der Waals surface area contributed by atoms with Crippen molar-refractivity contribution in [3.8, 4) is 6.07 Å². The lowest BCUT2D eigenvalue weighted by Gasteiger charge is -2.09. The van der Waals surface area contributed by atoms with E-state index in [9.17, 15) is 18.5 Å². The number of aromatic nitrogens is 1. The second kappa shape index (κ2) is 7.69. The molecule has 130 valence electrons. The maximum atomic E-state index is 12.1. The van der Waals surface area contributed by atoms with E-state index < -0.39 is 14.9 Å². The zero-order valence-electron chi connectivity index (χ0n) is 13.3. The summed E-state index contributed by atoms with van der Waals surface area (Å²) >= 11 is 0. The van der Waals surface area contributed by atoms with Gasteiger partial charge in [0.15, 0.2) is 0 Å². The summed E-state index contributed by atoms with van der Waals surface area (Å²) in [5.74, 6) is 0.469. The van der Waals surface area contributed by atoms with Gasteiger partial charge in [0.25, 0.3) is 5.69 Å². The van der Waals surface area contributed by atoms with E-state index in [4.69, 9.17) is 5.26 Å². The van der Waals surface area contributed by atoms with Crippen molar-refractivity contribution >= 4 is 21.5 Å². The van der Waals surface area contributed by atoms with Crippen molar-refractivity contribution in [1.82, 2.24) is 9.71 Å². The normalized spacial score (nSPS) is 10.9. The number of pyridine rings is 1. The van der Waals surface area contributed by atoms with Crippen LogP contribution in [0.4, 0.5) is 11.5 Å². The zero-order valence-corrected chi connectivity index (χ0v) is 14.1. The van der Waals surface area contributed by atoms with E-state index in [0.717, 1.165) is 17.7 Å². The number of nitrogens with one attached hydrogen (secondary N) is 2. The number of nitrogens with zero attached hydrogens (tertiary/aromatic N) is 3. The van der Waals surface area contributed by atoms with Gasteiger partial charge in [-0.3, -0.25) is 10.1 Å². The lowest BCUT2D eigenvalue weighted by molar-refractivity contribution is -0.384. The third-order valence-electron chi connectivity index (χ3n) is 3.28. The Morgan fingerprint density at radius 1 is 1.20 bits per heavy atom. The van der Waals surface area contributed by atoms with Crippen LogP contribution in [0.1, 0.15) is 11.3 Å². The molecule has 0 aliphatic carbocycles. The van der Waals surface area contributed by atoms with E-state index in [-0.39, 0.29) is 23.7 Å². The molecule has 2 rings (SSSR count). The Morgan fingerprint density at radius 3 is 2.48 bits per heavy atom. The number of benzene rings is 1. The molecule has 9 nitrogen and oxygen atoms in total. The molecule has 2 aromatic rings. The molecule has 10 heteroatoms. The van der Waals surface area contributed by atoms with Crippen LogP contribution in [0, 0.1) is 28.4 Å². The van der Waals surface area contributed by atoms with Crippen molar-refractivity contribution in [1.29, 1.82) is 5.26 Å². The van der Waals surface area contributed by atoms with Crippen LogP contribution in [0.15, 0.2) is 41.3 Å². The summed E-state index contributed by atoms with van der Waals surface area (Å²) in [6, 6.07) is 10.0. The largest absolute Gasteiger partial charge is 0.369 e. The third-order valence-corrected chi connectivity index (χ3v) is 4.76. The summed E-state index contributed by atoms with van der Waals surface area (Å²) in [7, 11) is -3.76. The van der Waals surface area contributed by atoms with Gasteiger partial charge in [-0.25, -0.2) is 18.1 Å². The number of nitro benzene ring substituents is 1. The van der Waals surface area contributed by atoms with E-state index in [1.807, 2.05) is 6.07 Å². The molecular weight excluding hydrogens is 346 g/mol. The van der Waals surface area contributed by atoms with Crippen LogP contribution in [0.25, 0.3) is 0 Å². The van der Waals surface area contributed by atoms with Gasteiger partial charge in [-0.2, -0.15) is 5.26 Å². The maximum absolute atomic E-state index is 12.1.